The predicted octanol–water partition coefficient (Wildman–Crippen LogP) is 1.70. The van der Waals surface area contributed by atoms with E-state index in [1.165, 1.54) is 5.69 Å². The first-order chi connectivity index (χ1) is 6.38. The number of thioether (sulfide) groups is 1. The molecule has 14 heavy (non-hydrogen) atoms. The van der Waals surface area contributed by atoms with Gasteiger partial charge >= 0.3 is 0 Å². The summed E-state index contributed by atoms with van der Waals surface area (Å²) in [5, 5.41) is 4.30. The lowest BCUT2D eigenvalue weighted by molar-refractivity contribution is 0.591. The lowest BCUT2D eigenvalue weighted by atomic mass is 10.1. The summed E-state index contributed by atoms with van der Waals surface area (Å²) in [6.07, 6.45) is 0. The van der Waals surface area contributed by atoms with Crippen molar-refractivity contribution in [3.8, 4) is 0 Å². The first kappa shape index (κ1) is 11.6. The van der Waals surface area contributed by atoms with Gasteiger partial charge in [-0.25, -0.2) is 0 Å². The largest absolute Gasteiger partial charge is 0.325 e. The van der Waals surface area contributed by atoms with Gasteiger partial charge in [-0.3, -0.25) is 4.68 Å². The first-order valence-electron chi connectivity index (χ1n) is 4.74. The zero-order chi connectivity index (χ0) is 10.8. The molecule has 3 nitrogen and oxygen atoms in total. The highest BCUT2D eigenvalue weighted by molar-refractivity contribution is 7.98. The molecule has 0 aliphatic carbocycles. The molecule has 1 aromatic rings. The number of rotatable bonds is 4. The van der Waals surface area contributed by atoms with Crippen molar-refractivity contribution in [1.82, 2.24) is 9.78 Å². The van der Waals surface area contributed by atoms with E-state index in [1.54, 1.807) is 0 Å². The quantitative estimate of drug-likeness (QED) is 0.828. The van der Waals surface area contributed by atoms with Gasteiger partial charge in [-0.15, -0.1) is 0 Å². The third kappa shape index (κ3) is 3.72. The van der Waals surface area contributed by atoms with Crippen LogP contribution >= 0.6 is 11.8 Å². The van der Waals surface area contributed by atoms with E-state index >= 15 is 0 Å². The van der Waals surface area contributed by atoms with E-state index in [-0.39, 0.29) is 5.54 Å². The number of hydrogen-bond donors (Lipinski definition) is 1. The SMILES string of the molecule is Cc1cc(CSCC(C)(C)N)n(C)n1. The Morgan fingerprint density at radius 1 is 1.57 bits per heavy atom. The van der Waals surface area contributed by atoms with Crippen molar-refractivity contribution in [2.45, 2.75) is 32.1 Å². The standard InChI is InChI=1S/C10H19N3S/c1-8-5-9(13(4)12-8)6-14-7-10(2,3)11/h5H,6-7,11H2,1-4H3. The van der Waals surface area contributed by atoms with Crippen LogP contribution in [0.3, 0.4) is 0 Å². The smallest absolute Gasteiger partial charge is 0.0596 e. The molecule has 0 bridgehead atoms. The summed E-state index contributed by atoms with van der Waals surface area (Å²) in [6, 6.07) is 2.12. The Morgan fingerprint density at radius 3 is 2.64 bits per heavy atom. The highest BCUT2D eigenvalue weighted by atomic mass is 32.2. The maximum Gasteiger partial charge on any atom is 0.0596 e. The van der Waals surface area contributed by atoms with Crippen LogP contribution in [0.2, 0.25) is 0 Å². The maximum atomic E-state index is 5.90. The van der Waals surface area contributed by atoms with Gasteiger partial charge in [0.1, 0.15) is 0 Å². The molecular formula is C10H19N3S. The average molecular weight is 213 g/mol. The number of aromatic nitrogens is 2. The second kappa shape index (κ2) is 4.36. The van der Waals surface area contributed by atoms with Crippen molar-refractivity contribution < 1.29 is 0 Å². The minimum atomic E-state index is -0.0850. The molecule has 0 fully saturated rings. The molecule has 1 rings (SSSR count). The van der Waals surface area contributed by atoms with Gasteiger partial charge < -0.3 is 5.73 Å². The van der Waals surface area contributed by atoms with Crippen LogP contribution in [0.4, 0.5) is 0 Å². The van der Waals surface area contributed by atoms with Gasteiger partial charge in [-0.2, -0.15) is 16.9 Å². The molecule has 0 atom stereocenters. The van der Waals surface area contributed by atoms with Crippen molar-refractivity contribution in [3.05, 3.63) is 17.5 Å². The molecule has 0 amide bonds. The molecule has 4 heteroatoms. The topological polar surface area (TPSA) is 43.8 Å². The number of aryl methyl sites for hydroxylation is 2. The highest BCUT2D eigenvalue weighted by Crippen LogP contribution is 2.16. The van der Waals surface area contributed by atoms with Gasteiger partial charge in [0.15, 0.2) is 0 Å². The van der Waals surface area contributed by atoms with Crippen molar-refractivity contribution >= 4 is 11.8 Å². The zero-order valence-corrected chi connectivity index (χ0v) is 10.2. The Hall–Kier alpha value is -0.480. The van der Waals surface area contributed by atoms with Crippen LogP contribution in [0, 0.1) is 6.92 Å². The Kier molecular flexibility index (Phi) is 3.61. The zero-order valence-electron chi connectivity index (χ0n) is 9.37. The molecule has 0 aromatic carbocycles. The van der Waals surface area contributed by atoms with Crippen molar-refractivity contribution in [2.75, 3.05) is 5.75 Å². The summed E-state index contributed by atoms with van der Waals surface area (Å²) >= 11 is 1.85. The highest BCUT2D eigenvalue weighted by Gasteiger charge is 2.11. The fourth-order valence-corrected chi connectivity index (χ4v) is 2.33. The summed E-state index contributed by atoms with van der Waals surface area (Å²) in [7, 11) is 1.98. The van der Waals surface area contributed by atoms with Crippen LogP contribution in [0.15, 0.2) is 6.07 Å². The van der Waals surface area contributed by atoms with Gasteiger partial charge in [0.25, 0.3) is 0 Å². The second-order valence-electron chi connectivity index (χ2n) is 4.38. The molecule has 1 heterocycles. The third-order valence-corrected chi connectivity index (χ3v) is 3.27. The monoisotopic (exact) mass is 213 g/mol. The van der Waals surface area contributed by atoms with Crippen LogP contribution in [0.25, 0.3) is 0 Å². The van der Waals surface area contributed by atoms with Gasteiger partial charge in [-0.05, 0) is 26.8 Å². The molecule has 0 saturated carbocycles. The molecule has 0 unspecified atom stereocenters. The van der Waals surface area contributed by atoms with Crippen LogP contribution < -0.4 is 5.73 Å². The molecule has 0 aliphatic rings. The minimum absolute atomic E-state index is 0.0850. The van der Waals surface area contributed by atoms with E-state index in [0.717, 1.165) is 17.2 Å². The number of nitrogens with two attached hydrogens (primary N) is 1. The second-order valence-corrected chi connectivity index (χ2v) is 5.37. The molecule has 80 valence electrons. The van der Waals surface area contributed by atoms with Gasteiger partial charge in [0.2, 0.25) is 0 Å². The van der Waals surface area contributed by atoms with Crippen molar-refractivity contribution in [3.63, 3.8) is 0 Å². The Labute approximate surface area is 90.1 Å². The van der Waals surface area contributed by atoms with Crippen LogP contribution in [-0.4, -0.2) is 21.1 Å². The molecule has 0 aliphatic heterocycles. The average Bonchev–Trinajstić information content (AvgIpc) is 2.27. The summed E-state index contributed by atoms with van der Waals surface area (Å²) < 4.78 is 1.94. The fraction of sp³-hybridized carbons (Fsp3) is 0.700. The Bertz CT molecular complexity index is 299. The minimum Gasteiger partial charge on any atom is -0.325 e. The van der Waals surface area contributed by atoms with Crippen LogP contribution in [0.5, 0.6) is 0 Å². The van der Waals surface area contributed by atoms with Crippen LogP contribution in [-0.2, 0) is 12.8 Å². The molecule has 0 saturated heterocycles. The Morgan fingerprint density at radius 2 is 2.21 bits per heavy atom. The van der Waals surface area contributed by atoms with Gasteiger partial charge in [0.05, 0.1) is 5.69 Å². The third-order valence-electron chi connectivity index (χ3n) is 1.82. The molecule has 1 aromatic heterocycles. The van der Waals surface area contributed by atoms with Crippen molar-refractivity contribution in [2.24, 2.45) is 12.8 Å². The van der Waals surface area contributed by atoms with E-state index < -0.39 is 0 Å². The fourth-order valence-electron chi connectivity index (χ4n) is 1.22. The maximum absolute atomic E-state index is 5.90. The van der Waals surface area contributed by atoms with E-state index in [4.69, 9.17) is 5.73 Å². The van der Waals surface area contributed by atoms with Gasteiger partial charge in [-0.1, -0.05) is 0 Å². The molecule has 0 spiro atoms. The summed E-state index contributed by atoms with van der Waals surface area (Å²) in [6.45, 7) is 6.12. The van der Waals surface area contributed by atoms with Crippen LogP contribution in [0.1, 0.15) is 25.2 Å². The van der Waals surface area contributed by atoms with Gasteiger partial charge in [0, 0.05) is 29.8 Å². The summed E-state index contributed by atoms with van der Waals surface area (Å²) in [5.41, 5.74) is 8.15. The number of nitrogens with zero attached hydrogens (tertiary/aromatic N) is 2. The summed E-state index contributed by atoms with van der Waals surface area (Å²) in [4.78, 5) is 0. The van der Waals surface area contributed by atoms with E-state index in [0.29, 0.717) is 0 Å². The van der Waals surface area contributed by atoms with E-state index in [9.17, 15) is 0 Å². The lowest BCUT2D eigenvalue weighted by Gasteiger charge is -2.17. The molecule has 0 radical (unpaired) electrons. The van der Waals surface area contributed by atoms with E-state index in [2.05, 4.69) is 25.0 Å². The molecule has 2 N–H and O–H groups in total. The number of hydrogen-bond acceptors (Lipinski definition) is 3. The summed E-state index contributed by atoms with van der Waals surface area (Å²) in [5.74, 6) is 1.95. The van der Waals surface area contributed by atoms with E-state index in [1.807, 2.05) is 30.4 Å². The normalized spacial score (nSPS) is 12.1. The van der Waals surface area contributed by atoms with Crippen molar-refractivity contribution in [1.29, 1.82) is 0 Å². The Balaban J connectivity index is 2.42. The lowest BCUT2D eigenvalue weighted by Crippen LogP contribution is -2.34. The first-order valence-corrected chi connectivity index (χ1v) is 5.90. The predicted molar refractivity (Wildman–Crippen MR) is 62.4 cm³/mol. The molecular weight excluding hydrogens is 194 g/mol.